The second-order valence-electron chi connectivity index (χ2n) is 26.3. The topological polar surface area (TPSA) is 95.9 Å². The van der Waals surface area contributed by atoms with Crippen LogP contribution in [0.1, 0.15) is 438 Å². The Morgan fingerprint density at radius 3 is 0.866 bits per heavy atom. The van der Waals surface area contributed by atoms with Gasteiger partial charge in [0, 0.05) is 12.8 Å². The van der Waals surface area contributed by atoms with Crippen molar-refractivity contribution in [1.82, 2.24) is 5.32 Å². The lowest BCUT2D eigenvalue weighted by atomic mass is 10.0. The van der Waals surface area contributed by atoms with E-state index in [9.17, 15) is 19.8 Å². The summed E-state index contributed by atoms with van der Waals surface area (Å²) >= 11 is 0. The number of aliphatic hydroxyl groups is 2. The number of rotatable bonds is 72. The average Bonchev–Trinajstić information content (AvgIpc) is 3.48. The van der Waals surface area contributed by atoms with Gasteiger partial charge in [0.15, 0.2) is 0 Å². The largest absolute Gasteiger partial charge is 0.466 e. The summed E-state index contributed by atoms with van der Waals surface area (Å²) in [6.45, 7) is 5.00. The highest BCUT2D eigenvalue weighted by Crippen LogP contribution is 2.20. The van der Waals surface area contributed by atoms with Crippen molar-refractivity contribution in [3.05, 3.63) is 12.2 Å². The fourth-order valence-corrected chi connectivity index (χ4v) is 12.3. The van der Waals surface area contributed by atoms with E-state index >= 15 is 0 Å². The molecule has 3 N–H and O–H groups in total. The molecule has 0 rings (SSSR count). The molecule has 0 aromatic carbocycles. The number of allylic oxidation sites excluding steroid dienone is 2. The van der Waals surface area contributed by atoms with Crippen LogP contribution in [0.15, 0.2) is 12.2 Å². The SMILES string of the molecule is CCCCCCCC/C=C\CCCCCCCC(=O)OCCCCCCCCCCCCCCCCCCCCCCCCCCCCCCCCC(=O)NC(CO)C(O)CCCCCCCCCCCCCCCCCCCCCC. The van der Waals surface area contributed by atoms with Crippen LogP contribution in [-0.4, -0.2) is 47.4 Å². The van der Waals surface area contributed by atoms with E-state index < -0.39 is 12.1 Å². The van der Waals surface area contributed by atoms with Gasteiger partial charge in [0.25, 0.3) is 0 Å². The lowest BCUT2D eigenvalue weighted by molar-refractivity contribution is -0.143. The summed E-state index contributed by atoms with van der Waals surface area (Å²) in [5.74, 6) is -0.0126. The van der Waals surface area contributed by atoms with Crippen LogP contribution in [0.2, 0.25) is 0 Å². The Morgan fingerprint density at radius 1 is 0.329 bits per heavy atom. The normalized spacial score (nSPS) is 12.5. The Kier molecular flexibility index (Phi) is 70.8. The molecule has 488 valence electrons. The van der Waals surface area contributed by atoms with Gasteiger partial charge in [-0.3, -0.25) is 9.59 Å². The monoisotopic (exact) mass is 1160 g/mol. The number of amides is 1. The predicted octanol–water partition coefficient (Wildman–Crippen LogP) is 24.7. The van der Waals surface area contributed by atoms with Crippen molar-refractivity contribution in [1.29, 1.82) is 0 Å². The Labute approximate surface area is 514 Å². The number of esters is 1. The predicted molar refractivity (Wildman–Crippen MR) is 361 cm³/mol. The number of carbonyl (C=O) groups excluding carboxylic acids is 2. The van der Waals surface area contributed by atoms with E-state index in [0.29, 0.717) is 25.9 Å². The van der Waals surface area contributed by atoms with E-state index in [1.54, 1.807) is 0 Å². The molecule has 0 aliphatic carbocycles. The summed E-state index contributed by atoms with van der Waals surface area (Å²) in [6, 6.07) is -0.539. The Morgan fingerprint density at radius 2 is 0.573 bits per heavy atom. The van der Waals surface area contributed by atoms with Gasteiger partial charge in [0.2, 0.25) is 5.91 Å². The third kappa shape index (κ3) is 67.7. The molecule has 2 unspecified atom stereocenters. The van der Waals surface area contributed by atoms with Gasteiger partial charge in [0.05, 0.1) is 25.4 Å². The zero-order valence-electron chi connectivity index (χ0n) is 56.0. The standard InChI is InChI=1S/C76H149NO5/c1-3-5-7-9-11-13-15-17-19-20-21-34-37-41-44-48-52-56-60-64-68-74(79)73(72-78)77-75(80)69-65-61-57-53-49-45-42-38-35-32-30-28-26-24-22-23-25-27-29-31-33-36-39-43-47-51-55-59-63-67-71-82-76(81)70-66-62-58-54-50-46-40-18-16-14-12-10-8-6-4-2/h18,40,73-74,78-79H,3-17,19-39,41-72H2,1-2H3,(H,77,80)/b40-18-. The molecular weight excluding hydrogens is 1010 g/mol. The summed E-state index contributed by atoms with van der Waals surface area (Å²) in [4.78, 5) is 24.6. The van der Waals surface area contributed by atoms with Crippen LogP contribution in [0.4, 0.5) is 0 Å². The average molecular weight is 1160 g/mol. The maximum Gasteiger partial charge on any atom is 0.305 e. The fraction of sp³-hybridized carbons (Fsp3) is 0.947. The first-order valence-corrected chi connectivity index (χ1v) is 37.9. The van der Waals surface area contributed by atoms with Crippen molar-refractivity contribution < 1.29 is 24.5 Å². The first-order valence-electron chi connectivity index (χ1n) is 37.9. The zero-order valence-corrected chi connectivity index (χ0v) is 56.0. The second-order valence-corrected chi connectivity index (χ2v) is 26.3. The van der Waals surface area contributed by atoms with Gasteiger partial charge in [-0.15, -0.1) is 0 Å². The summed E-state index contributed by atoms with van der Waals surface area (Å²) in [6.07, 6.45) is 90.0. The van der Waals surface area contributed by atoms with Crippen LogP contribution >= 0.6 is 0 Å². The number of unbranched alkanes of at least 4 members (excludes halogenated alkanes) is 59. The van der Waals surface area contributed by atoms with E-state index in [1.807, 2.05) is 0 Å². The Bertz CT molecular complexity index is 1240. The molecule has 0 aliphatic heterocycles. The first-order chi connectivity index (χ1) is 40.5. The van der Waals surface area contributed by atoms with Gasteiger partial charge < -0.3 is 20.3 Å². The zero-order chi connectivity index (χ0) is 59.2. The minimum absolute atomic E-state index is 0.0133. The third-order valence-electron chi connectivity index (χ3n) is 18.1. The molecule has 82 heavy (non-hydrogen) atoms. The molecule has 6 nitrogen and oxygen atoms in total. The highest BCUT2D eigenvalue weighted by atomic mass is 16.5. The lowest BCUT2D eigenvalue weighted by Gasteiger charge is -2.22. The minimum atomic E-state index is -0.662. The Balaban J connectivity index is 3.33. The Hall–Kier alpha value is -1.40. The van der Waals surface area contributed by atoms with E-state index in [2.05, 4.69) is 31.3 Å². The van der Waals surface area contributed by atoms with E-state index in [-0.39, 0.29) is 18.5 Å². The molecule has 0 aromatic heterocycles. The van der Waals surface area contributed by atoms with Gasteiger partial charge >= 0.3 is 5.97 Å². The fourth-order valence-electron chi connectivity index (χ4n) is 12.3. The van der Waals surface area contributed by atoms with Crippen molar-refractivity contribution in [3.63, 3.8) is 0 Å². The maximum absolute atomic E-state index is 12.6. The number of hydrogen-bond acceptors (Lipinski definition) is 5. The van der Waals surface area contributed by atoms with Crippen molar-refractivity contribution >= 4 is 11.9 Å². The van der Waals surface area contributed by atoms with Crippen LogP contribution in [0.3, 0.4) is 0 Å². The smallest absolute Gasteiger partial charge is 0.305 e. The molecule has 0 saturated carbocycles. The highest BCUT2D eigenvalue weighted by Gasteiger charge is 2.20. The van der Waals surface area contributed by atoms with Crippen molar-refractivity contribution in [2.75, 3.05) is 13.2 Å². The number of ether oxygens (including phenoxy) is 1. The van der Waals surface area contributed by atoms with Crippen molar-refractivity contribution in [2.24, 2.45) is 0 Å². The molecule has 0 fully saturated rings. The molecule has 2 atom stereocenters. The molecule has 0 aromatic rings. The number of carbonyl (C=O) groups is 2. The molecule has 6 heteroatoms. The minimum Gasteiger partial charge on any atom is -0.466 e. The molecule has 0 bridgehead atoms. The van der Waals surface area contributed by atoms with Gasteiger partial charge in [-0.05, 0) is 51.4 Å². The van der Waals surface area contributed by atoms with Crippen LogP contribution in [0.25, 0.3) is 0 Å². The van der Waals surface area contributed by atoms with Gasteiger partial charge in [-0.25, -0.2) is 0 Å². The molecule has 0 spiro atoms. The molecular formula is C76H149NO5. The maximum atomic E-state index is 12.6. The van der Waals surface area contributed by atoms with Crippen LogP contribution in [0.5, 0.6) is 0 Å². The van der Waals surface area contributed by atoms with Crippen molar-refractivity contribution in [2.45, 2.75) is 450 Å². The summed E-state index contributed by atoms with van der Waals surface area (Å²) in [5.41, 5.74) is 0. The summed E-state index contributed by atoms with van der Waals surface area (Å²) < 4.78 is 5.50. The molecule has 0 aliphatic rings. The number of hydrogen-bond donors (Lipinski definition) is 3. The van der Waals surface area contributed by atoms with Gasteiger partial charge in [0.1, 0.15) is 0 Å². The van der Waals surface area contributed by atoms with Crippen LogP contribution < -0.4 is 5.32 Å². The lowest BCUT2D eigenvalue weighted by Crippen LogP contribution is -2.45. The summed E-state index contributed by atoms with van der Waals surface area (Å²) in [5, 5.41) is 23.4. The van der Waals surface area contributed by atoms with E-state index in [0.717, 1.165) is 44.9 Å². The van der Waals surface area contributed by atoms with Crippen LogP contribution in [0, 0.1) is 0 Å². The van der Waals surface area contributed by atoms with Gasteiger partial charge in [-0.1, -0.05) is 386 Å². The third-order valence-corrected chi connectivity index (χ3v) is 18.1. The summed E-state index contributed by atoms with van der Waals surface area (Å²) in [7, 11) is 0. The molecule has 0 heterocycles. The highest BCUT2D eigenvalue weighted by molar-refractivity contribution is 5.76. The van der Waals surface area contributed by atoms with E-state index in [1.165, 1.54) is 360 Å². The first kappa shape index (κ1) is 80.6. The number of nitrogens with one attached hydrogen (secondary N) is 1. The second kappa shape index (κ2) is 72.1. The molecule has 0 saturated heterocycles. The molecule has 0 radical (unpaired) electrons. The van der Waals surface area contributed by atoms with Gasteiger partial charge in [-0.2, -0.15) is 0 Å². The number of aliphatic hydroxyl groups excluding tert-OH is 2. The van der Waals surface area contributed by atoms with Crippen molar-refractivity contribution in [3.8, 4) is 0 Å². The van der Waals surface area contributed by atoms with E-state index in [4.69, 9.17) is 4.74 Å². The quantitative estimate of drug-likeness (QED) is 0.0320. The van der Waals surface area contributed by atoms with Crippen LogP contribution in [-0.2, 0) is 14.3 Å². The molecule has 1 amide bonds.